The molecule has 1 aliphatic carbocycles. The molecule has 30 heavy (non-hydrogen) atoms. The van der Waals surface area contributed by atoms with Gasteiger partial charge in [0, 0.05) is 12.3 Å². The molecule has 0 heterocycles. The van der Waals surface area contributed by atoms with Gasteiger partial charge in [0.1, 0.15) is 11.8 Å². The molecule has 0 N–H and O–H groups in total. The lowest BCUT2D eigenvalue weighted by atomic mass is 10.0. The molecule has 1 aromatic rings. The van der Waals surface area contributed by atoms with Crippen LogP contribution in [0, 0.1) is 11.3 Å². The fourth-order valence-electron chi connectivity index (χ4n) is 3.14. The molecule has 0 atom stereocenters. The quantitative estimate of drug-likeness (QED) is 0.300. The molecule has 1 aromatic carbocycles. The van der Waals surface area contributed by atoms with Gasteiger partial charge in [-0.15, -0.1) is 0 Å². The Balaban J connectivity index is 0.00000218. The van der Waals surface area contributed by atoms with Gasteiger partial charge >= 0.3 is 0 Å². The molecule has 0 aromatic heterocycles. The van der Waals surface area contributed by atoms with Crippen molar-refractivity contribution in [3.63, 3.8) is 0 Å². The summed E-state index contributed by atoms with van der Waals surface area (Å²) >= 11 is 0. The topological polar surface area (TPSA) is 67.0 Å². The average Bonchev–Trinajstić information content (AvgIpc) is 3.17. The maximum Gasteiger partial charge on any atom is 0.251 e. The summed E-state index contributed by atoms with van der Waals surface area (Å²) in [5.74, 6) is 0.847. The zero-order chi connectivity index (χ0) is 22.5. The monoisotopic (exact) mass is 407 g/mol. The Morgan fingerprint density at radius 3 is 2.57 bits per heavy atom. The Morgan fingerprint density at radius 2 is 2.03 bits per heavy atom. The molecule has 160 valence electrons. The van der Waals surface area contributed by atoms with E-state index in [1.54, 1.807) is 18.2 Å². The largest absolute Gasteiger partial charge is 0.490 e. The van der Waals surface area contributed by atoms with Gasteiger partial charge in [0.25, 0.3) is 5.90 Å². The van der Waals surface area contributed by atoms with Crippen molar-refractivity contribution in [3.05, 3.63) is 64.8 Å². The summed E-state index contributed by atoms with van der Waals surface area (Å²) in [7, 11) is 0. The number of ether oxygens (including phenoxy) is 1. The van der Waals surface area contributed by atoms with Gasteiger partial charge in [0.2, 0.25) is 0 Å². The number of allylic oxidation sites excluding steroid dienone is 3. The minimum absolute atomic E-state index is 0.0216. The molecule has 0 amide bonds. The van der Waals surface area contributed by atoms with Crippen LogP contribution >= 0.6 is 0 Å². The first kappa shape index (κ1) is 24.9. The first-order valence-corrected chi connectivity index (χ1v) is 10.4. The van der Waals surface area contributed by atoms with Gasteiger partial charge in [-0.25, -0.2) is 4.99 Å². The highest BCUT2D eigenvalue weighted by Crippen LogP contribution is 2.32. The molecule has 0 unspecified atom stereocenters. The fourth-order valence-corrected chi connectivity index (χ4v) is 3.14. The van der Waals surface area contributed by atoms with Crippen molar-refractivity contribution in [2.24, 2.45) is 10.1 Å². The normalized spacial score (nSPS) is 15.5. The van der Waals surface area contributed by atoms with Crippen molar-refractivity contribution in [3.8, 4) is 11.8 Å². The lowest BCUT2D eigenvalue weighted by Crippen LogP contribution is -2.09. The SMILES string of the molecule is C=NOC(=NCC(/C=C\C)=C1\CCCC1=C)c1ccc(OC(C)C)c(C#N)c1.CC. The fraction of sp³-hybridized carbons (Fsp3) is 0.400. The number of benzene rings is 1. The summed E-state index contributed by atoms with van der Waals surface area (Å²) in [4.78, 5) is 9.92. The minimum atomic E-state index is -0.0216. The Hall–Kier alpha value is -3.13. The minimum Gasteiger partial charge on any atom is -0.490 e. The zero-order valence-corrected chi connectivity index (χ0v) is 18.9. The van der Waals surface area contributed by atoms with E-state index >= 15 is 0 Å². The van der Waals surface area contributed by atoms with Gasteiger partial charge in [-0.1, -0.05) is 43.3 Å². The van der Waals surface area contributed by atoms with Crippen LogP contribution in [0.3, 0.4) is 0 Å². The molecular formula is C25H33N3O2. The van der Waals surface area contributed by atoms with Crippen LogP contribution in [0.4, 0.5) is 0 Å². The number of hydrogen-bond donors (Lipinski definition) is 0. The average molecular weight is 408 g/mol. The Kier molecular flexibility index (Phi) is 10.9. The summed E-state index contributed by atoms with van der Waals surface area (Å²) in [6.45, 7) is 17.8. The van der Waals surface area contributed by atoms with E-state index in [1.807, 2.05) is 40.7 Å². The second-order valence-corrected chi connectivity index (χ2v) is 6.79. The summed E-state index contributed by atoms with van der Waals surface area (Å²) in [5.41, 5.74) is 4.63. The smallest absolute Gasteiger partial charge is 0.251 e. The lowest BCUT2D eigenvalue weighted by Gasteiger charge is -2.12. The number of aliphatic imine (C=N–C) groups is 1. The van der Waals surface area contributed by atoms with E-state index in [-0.39, 0.29) is 6.10 Å². The van der Waals surface area contributed by atoms with Gasteiger partial charge in [0.05, 0.1) is 18.2 Å². The van der Waals surface area contributed by atoms with Crippen molar-refractivity contribution in [2.45, 2.75) is 60.0 Å². The first-order valence-electron chi connectivity index (χ1n) is 10.4. The maximum atomic E-state index is 9.46. The molecule has 2 rings (SSSR count). The molecule has 0 bridgehead atoms. The Bertz CT molecular complexity index is 871. The number of nitriles is 1. The number of hydrogen-bond acceptors (Lipinski definition) is 5. The standard InChI is InChI=1S/C23H27N3O2.C2H6/c1-6-8-19(21-10-7-9-17(21)4)15-26-23(28-25-5)18-11-12-22(27-16(2)3)20(13-18)14-24;1-2/h6,8,11-13,16H,4-5,7,9-10,15H2,1-3H3;1-2H3/b8-6-,21-19+,26-23?;. The van der Waals surface area contributed by atoms with E-state index in [9.17, 15) is 5.26 Å². The summed E-state index contributed by atoms with van der Waals surface area (Å²) in [6, 6.07) is 7.41. The van der Waals surface area contributed by atoms with Crippen LogP contribution in [0.2, 0.25) is 0 Å². The van der Waals surface area contributed by atoms with Crippen LogP contribution in [0.25, 0.3) is 0 Å². The molecule has 0 saturated heterocycles. The number of oxime groups is 1. The van der Waals surface area contributed by atoms with E-state index in [2.05, 4.69) is 35.6 Å². The highest BCUT2D eigenvalue weighted by molar-refractivity contribution is 5.95. The van der Waals surface area contributed by atoms with Gasteiger partial charge in [0.15, 0.2) is 0 Å². The third-order valence-corrected chi connectivity index (χ3v) is 4.34. The zero-order valence-electron chi connectivity index (χ0n) is 18.9. The van der Waals surface area contributed by atoms with Gasteiger partial charge in [-0.3, -0.25) is 0 Å². The molecule has 5 nitrogen and oxygen atoms in total. The van der Waals surface area contributed by atoms with Crippen LogP contribution in [0.15, 0.2) is 63.8 Å². The Morgan fingerprint density at radius 1 is 1.30 bits per heavy atom. The molecule has 0 spiro atoms. The van der Waals surface area contributed by atoms with Crippen molar-refractivity contribution >= 4 is 12.6 Å². The molecule has 0 aliphatic heterocycles. The third-order valence-electron chi connectivity index (χ3n) is 4.34. The second-order valence-electron chi connectivity index (χ2n) is 6.79. The first-order chi connectivity index (χ1) is 14.5. The molecule has 0 radical (unpaired) electrons. The summed E-state index contributed by atoms with van der Waals surface area (Å²) in [5, 5.41) is 13.0. The molecular weight excluding hydrogens is 374 g/mol. The van der Waals surface area contributed by atoms with Gasteiger partial charge in [-0.2, -0.15) is 5.26 Å². The van der Waals surface area contributed by atoms with Crippen molar-refractivity contribution in [1.82, 2.24) is 0 Å². The van der Waals surface area contributed by atoms with Gasteiger partial charge in [-0.05, 0) is 69.4 Å². The van der Waals surface area contributed by atoms with Crippen LogP contribution in [0.1, 0.15) is 65.0 Å². The molecule has 1 fully saturated rings. The number of nitrogens with zero attached hydrogens (tertiary/aromatic N) is 3. The van der Waals surface area contributed by atoms with E-state index in [4.69, 9.17) is 9.57 Å². The van der Waals surface area contributed by atoms with E-state index < -0.39 is 0 Å². The summed E-state index contributed by atoms with van der Waals surface area (Å²) < 4.78 is 5.68. The highest BCUT2D eigenvalue weighted by atomic mass is 16.6. The van der Waals surface area contributed by atoms with Crippen LogP contribution in [0.5, 0.6) is 5.75 Å². The van der Waals surface area contributed by atoms with Crippen LogP contribution in [-0.2, 0) is 4.84 Å². The van der Waals surface area contributed by atoms with Gasteiger partial charge < -0.3 is 9.57 Å². The Labute approximate surface area is 181 Å². The molecule has 1 aliphatic rings. The molecule has 5 heteroatoms. The van der Waals surface area contributed by atoms with Crippen molar-refractivity contribution in [1.29, 1.82) is 5.26 Å². The van der Waals surface area contributed by atoms with Crippen molar-refractivity contribution < 1.29 is 9.57 Å². The number of rotatable bonds is 7. The van der Waals surface area contributed by atoms with E-state index in [1.165, 1.54) is 11.1 Å². The van der Waals surface area contributed by atoms with E-state index in [0.717, 1.165) is 24.8 Å². The third kappa shape index (κ3) is 7.04. The predicted octanol–water partition coefficient (Wildman–Crippen LogP) is 6.36. The predicted molar refractivity (Wildman–Crippen MR) is 125 cm³/mol. The van der Waals surface area contributed by atoms with Crippen LogP contribution < -0.4 is 4.74 Å². The lowest BCUT2D eigenvalue weighted by molar-refractivity contribution is 0.241. The highest BCUT2D eigenvalue weighted by Gasteiger charge is 2.16. The van der Waals surface area contributed by atoms with Crippen molar-refractivity contribution in [2.75, 3.05) is 6.54 Å². The van der Waals surface area contributed by atoms with Crippen LogP contribution in [-0.4, -0.2) is 25.3 Å². The molecule has 1 saturated carbocycles. The maximum absolute atomic E-state index is 9.46. The van der Waals surface area contributed by atoms with E-state index in [0.29, 0.717) is 29.3 Å². The second kappa shape index (κ2) is 13.2. The summed E-state index contributed by atoms with van der Waals surface area (Å²) in [6.07, 6.45) is 7.21.